The van der Waals surface area contributed by atoms with Crippen molar-refractivity contribution in [2.45, 2.75) is 31.8 Å². The van der Waals surface area contributed by atoms with Crippen LogP contribution in [0.2, 0.25) is 0 Å². The third kappa shape index (κ3) is 3.38. The monoisotopic (exact) mass is 354 g/mol. The van der Waals surface area contributed by atoms with Gasteiger partial charge >= 0.3 is 0 Å². The maximum absolute atomic E-state index is 12.7. The first-order valence-corrected chi connectivity index (χ1v) is 9.62. The molecule has 9 heteroatoms. The third-order valence-electron chi connectivity index (χ3n) is 4.06. The summed E-state index contributed by atoms with van der Waals surface area (Å²) in [6.45, 7) is 7.44. The largest absolute Gasteiger partial charge is 0.451 e. The van der Waals surface area contributed by atoms with E-state index in [1.807, 2.05) is 6.92 Å². The van der Waals surface area contributed by atoms with Crippen molar-refractivity contribution in [2.75, 3.05) is 32.7 Å². The SMILES string of the molecule is CCCN1CCN(S(=O)(=O)c2cc(-c3nnc(CC)o3)co2)CC1. The van der Waals surface area contributed by atoms with Gasteiger partial charge in [0.05, 0.1) is 5.56 Å². The van der Waals surface area contributed by atoms with Crippen LogP contribution < -0.4 is 0 Å². The zero-order valence-corrected chi connectivity index (χ0v) is 14.8. The van der Waals surface area contributed by atoms with E-state index in [2.05, 4.69) is 22.0 Å². The molecule has 0 aromatic carbocycles. The Morgan fingerprint density at radius 3 is 2.54 bits per heavy atom. The number of aryl methyl sites for hydroxylation is 1. The summed E-state index contributed by atoms with van der Waals surface area (Å²) in [7, 11) is -3.64. The highest BCUT2D eigenvalue weighted by Gasteiger charge is 2.31. The second kappa shape index (κ2) is 7.04. The molecule has 8 nitrogen and oxygen atoms in total. The van der Waals surface area contributed by atoms with E-state index < -0.39 is 10.0 Å². The maximum Gasteiger partial charge on any atom is 0.276 e. The molecule has 24 heavy (non-hydrogen) atoms. The number of rotatable bonds is 6. The predicted octanol–water partition coefficient (Wildman–Crippen LogP) is 1.61. The van der Waals surface area contributed by atoms with E-state index in [4.69, 9.17) is 8.83 Å². The Bertz CT molecular complexity index is 775. The second-order valence-electron chi connectivity index (χ2n) is 5.75. The number of hydrogen-bond donors (Lipinski definition) is 0. The summed E-state index contributed by atoms with van der Waals surface area (Å²) < 4.78 is 37.6. The summed E-state index contributed by atoms with van der Waals surface area (Å²) in [4.78, 5) is 2.27. The Morgan fingerprint density at radius 1 is 1.17 bits per heavy atom. The highest BCUT2D eigenvalue weighted by molar-refractivity contribution is 7.89. The molecule has 2 aromatic heterocycles. The fourth-order valence-corrected chi connectivity index (χ4v) is 4.06. The van der Waals surface area contributed by atoms with Crippen molar-refractivity contribution in [1.29, 1.82) is 0 Å². The summed E-state index contributed by atoms with van der Waals surface area (Å²) in [5, 5.41) is 7.69. The normalized spacial score (nSPS) is 17.4. The summed E-state index contributed by atoms with van der Waals surface area (Å²) in [5.74, 6) is 0.771. The molecule has 0 atom stereocenters. The lowest BCUT2D eigenvalue weighted by molar-refractivity contribution is 0.187. The Morgan fingerprint density at radius 2 is 1.92 bits per heavy atom. The van der Waals surface area contributed by atoms with Crippen molar-refractivity contribution in [3.63, 3.8) is 0 Å². The topological polar surface area (TPSA) is 92.7 Å². The molecule has 0 radical (unpaired) electrons. The summed E-state index contributed by atoms with van der Waals surface area (Å²) >= 11 is 0. The van der Waals surface area contributed by atoms with Crippen molar-refractivity contribution < 1.29 is 17.3 Å². The molecular formula is C15H22N4O4S. The van der Waals surface area contributed by atoms with Gasteiger partial charge < -0.3 is 13.7 Å². The minimum absolute atomic E-state index is 0.0855. The molecular weight excluding hydrogens is 332 g/mol. The first-order chi connectivity index (χ1) is 11.5. The van der Waals surface area contributed by atoms with Gasteiger partial charge in [-0.25, -0.2) is 8.42 Å². The average Bonchev–Trinajstić information content (AvgIpc) is 3.25. The van der Waals surface area contributed by atoms with Crippen LogP contribution in [-0.2, 0) is 16.4 Å². The van der Waals surface area contributed by atoms with Crippen molar-refractivity contribution in [3.05, 3.63) is 18.2 Å². The van der Waals surface area contributed by atoms with Crippen LogP contribution in [-0.4, -0.2) is 60.5 Å². The van der Waals surface area contributed by atoms with E-state index in [0.29, 0.717) is 31.0 Å². The van der Waals surface area contributed by atoms with Gasteiger partial charge in [-0.05, 0) is 13.0 Å². The lowest BCUT2D eigenvalue weighted by Crippen LogP contribution is -2.48. The van der Waals surface area contributed by atoms with Crippen LogP contribution in [0.25, 0.3) is 11.5 Å². The molecule has 0 spiro atoms. The molecule has 1 aliphatic rings. The van der Waals surface area contributed by atoms with Crippen molar-refractivity contribution in [3.8, 4) is 11.5 Å². The number of sulfonamides is 1. The summed E-state index contributed by atoms with van der Waals surface area (Å²) in [6, 6.07) is 1.45. The van der Waals surface area contributed by atoms with Crippen LogP contribution in [0, 0.1) is 0 Å². The molecule has 0 amide bonds. The summed E-state index contributed by atoms with van der Waals surface area (Å²) in [6.07, 6.45) is 3.03. The van der Waals surface area contributed by atoms with Gasteiger partial charge in [0.25, 0.3) is 15.9 Å². The van der Waals surface area contributed by atoms with Crippen molar-refractivity contribution >= 4 is 10.0 Å². The zero-order valence-electron chi connectivity index (χ0n) is 13.9. The number of aromatic nitrogens is 2. The van der Waals surface area contributed by atoms with Crippen LogP contribution >= 0.6 is 0 Å². The molecule has 1 aliphatic heterocycles. The lowest BCUT2D eigenvalue weighted by Gasteiger charge is -2.33. The Balaban J connectivity index is 1.74. The minimum Gasteiger partial charge on any atom is -0.451 e. The van der Waals surface area contributed by atoms with Gasteiger partial charge in [-0.15, -0.1) is 10.2 Å². The van der Waals surface area contributed by atoms with Gasteiger partial charge in [-0.2, -0.15) is 4.31 Å². The van der Waals surface area contributed by atoms with Crippen molar-refractivity contribution in [2.24, 2.45) is 0 Å². The highest BCUT2D eigenvalue weighted by Crippen LogP contribution is 2.26. The molecule has 132 valence electrons. The van der Waals surface area contributed by atoms with E-state index in [1.54, 1.807) is 0 Å². The van der Waals surface area contributed by atoms with Gasteiger partial charge in [0.2, 0.25) is 11.0 Å². The van der Waals surface area contributed by atoms with Gasteiger partial charge in [0.15, 0.2) is 0 Å². The molecule has 0 bridgehead atoms. The van der Waals surface area contributed by atoms with Crippen LogP contribution in [0.5, 0.6) is 0 Å². The second-order valence-corrected chi connectivity index (χ2v) is 7.62. The number of furan rings is 1. The number of nitrogens with zero attached hydrogens (tertiary/aromatic N) is 4. The standard InChI is InChI=1S/C15H22N4O4S/c1-3-5-18-6-8-19(9-7-18)24(20,21)14-10-12(11-22-14)15-17-16-13(4-2)23-15/h10-11H,3-9H2,1-2H3. The highest BCUT2D eigenvalue weighted by atomic mass is 32.2. The maximum atomic E-state index is 12.7. The molecule has 1 saturated heterocycles. The van der Waals surface area contributed by atoms with Gasteiger partial charge in [0.1, 0.15) is 6.26 Å². The molecule has 0 saturated carbocycles. The Hall–Kier alpha value is -1.71. The fourth-order valence-electron chi connectivity index (χ4n) is 2.71. The minimum atomic E-state index is -3.64. The fraction of sp³-hybridized carbons (Fsp3) is 0.600. The van der Waals surface area contributed by atoms with Gasteiger partial charge in [0, 0.05) is 38.7 Å². The third-order valence-corrected chi connectivity index (χ3v) is 5.82. The molecule has 3 rings (SSSR count). The smallest absolute Gasteiger partial charge is 0.276 e. The Kier molecular flexibility index (Phi) is 5.02. The first-order valence-electron chi connectivity index (χ1n) is 8.18. The summed E-state index contributed by atoms with van der Waals surface area (Å²) in [5.41, 5.74) is 0.477. The van der Waals surface area contributed by atoms with E-state index in [9.17, 15) is 8.42 Å². The van der Waals surface area contributed by atoms with E-state index in [0.717, 1.165) is 26.1 Å². The number of hydrogen-bond acceptors (Lipinski definition) is 7. The molecule has 0 aliphatic carbocycles. The zero-order chi connectivity index (χ0) is 17.2. The quantitative estimate of drug-likeness (QED) is 0.778. The Labute approximate surface area is 141 Å². The van der Waals surface area contributed by atoms with E-state index >= 15 is 0 Å². The first kappa shape index (κ1) is 17.1. The molecule has 1 fully saturated rings. The van der Waals surface area contributed by atoms with Crippen LogP contribution in [0.4, 0.5) is 0 Å². The lowest BCUT2D eigenvalue weighted by atomic mass is 10.3. The molecule has 0 N–H and O–H groups in total. The van der Waals surface area contributed by atoms with Crippen LogP contribution in [0.15, 0.2) is 26.3 Å². The van der Waals surface area contributed by atoms with Crippen LogP contribution in [0.3, 0.4) is 0 Å². The molecule has 0 unspecified atom stereocenters. The predicted molar refractivity (Wildman–Crippen MR) is 86.9 cm³/mol. The van der Waals surface area contributed by atoms with Crippen LogP contribution in [0.1, 0.15) is 26.2 Å². The van der Waals surface area contributed by atoms with E-state index in [-0.39, 0.29) is 11.0 Å². The van der Waals surface area contributed by atoms with E-state index in [1.165, 1.54) is 16.6 Å². The number of piperazine rings is 1. The molecule has 3 heterocycles. The van der Waals surface area contributed by atoms with Crippen molar-refractivity contribution in [1.82, 2.24) is 19.4 Å². The van der Waals surface area contributed by atoms with Gasteiger partial charge in [-0.3, -0.25) is 0 Å². The van der Waals surface area contributed by atoms with Gasteiger partial charge in [-0.1, -0.05) is 13.8 Å². The molecule has 2 aromatic rings. The average molecular weight is 354 g/mol.